The summed E-state index contributed by atoms with van der Waals surface area (Å²) in [5.74, 6) is 0. The third-order valence-electron chi connectivity index (χ3n) is 3.25. The van der Waals surface area contributed by atoms with E-state index in [2.05, 4.69) is 54.1 Å². The first kappa shape index (κ1) is 13.2. The van der Waals surface area contributed by atoms with Crippen LogP contribution in [0.15, 0.2) is 36.7 Å². The maximum absolute atomic E-state index is 9.04. The van der Waals surface area contributed by atoms with Gasteiger partial charge in [-0.1, -0.05) is 24.3 Å². The molecule has 0 radical (unpaired) electrons. The van der Waals surface area contributed by atoms with E-state index in [-0.39, 0.29) is 0 Å². The van der Waals surface area contributed by atoms with Crippen molar-refractivity contribution in [2.24, 2.45) is 0 Å². The van der Waals surface area contributed by atoms with Gasteiger partial charge in [-0.15, -0.1) is 0 Å². The summed E-state index contributed by atoms with van der Waals surface area (Å²) in [5.41, 5.74) is 3.14. The van der Waals surface area contributed by atoms with Crippen LogP contribution in [0.3, 0.4) is 0 Å². The average Bonchev–Trinajstić information content (AvgIpc) is 2.46. The van der Waals surface area contributed by atoms with Crippen molar-refractivity contribution in [3.05, 3.63) is 47.9 Å². The number of nitriles is 1. The number of hydrogen-bond acceptors (Lipinski definition) is 4. The fourth-order valence-electron chi connectivity index (χ4n) is 1.85. The fraction of sp³-hybridized carbons (Fsp3) is 0.267. The lowest BCUT2D eigenvalue weighted by atomic mass is 10.0. The monoisotopic (exact) mass is 252 g/mol. The van der Waals surface area contributed by atoms with Gasteiger partial charge in [0.1, 0.15) is 11.8 Å². The smallest absolute Gasteiger partial charge is 0.166 e. The molecule has 1 aromatic carbocycles. The summed E-state index contributed by atoms with van der Waals surface area (Å²) >= 11 is 0. The molecule has 0 aliphatic heterocycles. The molecule has 1 heterocycles. The standard InChI is InChI=1S/C15H16N4/c1-11(19(2)3)12-4-6-13(7-5-12)15-14(10-16)17-8-9-18-15/h4-9,11H,1-3H3/t11-/m1/s1. The lowest BCUT2D eigenvalue weighted by Gasteiger charge is -2.20. The second-order valence-electron chi connectivity index (χ2n) is 4.63. The maximum Gasteiger partial charge on any atom is 0.166 e. The Bertz CT molecular complexity index is 596. The second kappa shape index (κ2) is 5.59. The Morgan fingerprint density at radius 2 is 1.74 bits per heavy atom. The van der Waals surface area contributed by atoms with Crippen LogP contribution in [-0.4, -0.2) is 29.0 Å². The Hall–Kier alpha value is -2.25. The highest BCUT2D eigenvalue weighted by Crippen LogP contribution is 2.23. The molecule has 1 atom stereocenters. The van der Waals surface area contributed by atoms with E-state index in [0.29, 0.717) is 17.4 Å². The van der Waals surface area contributed by atoms with Gasteiger partial charge in [-0.2, -0.15) is 5.26 Å². The summed E-state index contributed by atoms with van der Waals surface area (Å²) in [6, 6.07) is 10.5. The van der Waals surface area contributed by atoms with Crippen molar-refractivity contribution < 1.29 is 0 Å². The minimum atomic E-state index is 0.353. The molecule has 0 unspecified atom stereocenters. The largest absolute Gasteiger partial charge is 0.303 e. The third-order valence-corrected chi connectivity index (χ3v) is 3.25. The normalized spacial score (nSPS) is 12.2. The molecule has 0 N–H and O–H groups in total. The zero-order valence-corrected chi connectivity index (χ0v) is 11.3. The molecule has 2 aromatic rings. The molecule has 1 aromatic heterocycles. The lowest BCUT2D eigenvalue weighted by molar-refractivity contribution is 0.321. The molecular formula is C15H16N4. The first-order valence-electron chi connectivity index (χ1n) is 6.11. The van der Waals surface area contributed by atoms with Crippen LogP contribution in [0.5, 0.6) is 0 Å². The molecule has 4 nitrogen and oxygen atoms in total. The summed E-state index contributed by atoms with van der Waals surface area (Å²) in [5, 5.41) is 9.04. The van der Waals surface area contributed by atoms with Crippen molar-refractivity contribution in [2.45, 2.75) is 13.0 Å². The van der Waals surface area contributed by atoms with E-state index in [1.54, 1.807) is 6.20 Å². The fourth-order valence-corrected chi connectivity index (χ4v) is 1.85. The summed E-state index contributed by atoms with van der Waals surface area (Å²) in [6.45, 7) is 2.15. The Labute approximate surface area is 113 Å². The van der Waals surface area contributed by atoms with Crippen molar-refractivity contribution in [1.82, 2.24) is 14.9 Å². The quantitative estimate of drug-likeness (QED) is 0.842. The Balaban J connectivity index is 2.36. The summed E-state index contributed by atoms with van der Waals surface area (Å²) in [6.07, 6.45) is 3.14. The van der Waals surface area contributed by atoms with Crippen LogP contribution in [0.25, 0.3) is 11.3 Å². The molecule has 0 aliphatic rings. The third kappa shape index (κ3) is 2.78. The van der Waals surface area contributed by atoms with Crippen LogP contribution >= 0.6 is 0 Å². The molecule has 0 fully saturated rings. The van der Waals surface area contributed by atoms with Crippen LogP contribution in [0.1, 0.15) is 24.2 Å². The molecule has 4 heteroatoms. The van der Waals surface area contributed by atoms with E-state index in [1.807, 2.05) is 12.1 Å². The minimum absolute atomic E-state index is 0.353. The van der Waals surface area contributed by atoms with Gasteiger partial charge >= 0.3 is 0 Å². The van der Waals surface area contributed by atoms with Crippen LogP contribution < -0.4 is 0 Å². The molecule has 19 heavy (non-hydrogen) atoms. The molecule has 96 valence electrons. The van der Waals surface area contributed by atoms with E-state index < -0.39 is 0 Å². The van der Waals surface area contributed by atoms with E-state index in [0.717, 1.165) is 5.56 Å². The highest BCUT2D eigenvalue weighted by molar-refractivity contribution is 5.64. The van der Waals surface area contributed by atoms with Gasteiger partial charge in [0, 0.05) is 24.0 Å². The van der Waals surface area contributed by atoms with Gasteiger partial charge in [-0.3, -0.25) is 4.98 Å². The van der Waals surface area contributed by atoms with Crippen LogP contribution in [0.2, 0.25) is 0 Å². The van der Waals surface area contributed by atoms with Crippen LogP contribution in [0, 0.1) is 11.3 Å². The first-order valence-corrected chi connectivity index (χ1v) is 6.11. The molecule has 0 spiro atoms. The molecule has 0 bridgehead atoms. The minimum Gasteiger partial charge on any atom is -0.303 e. The summed E-state index contributed by atoms with van der Waals surface area (Å²) < 4.78 is 0. The van der Waals surface area contributed by atoms with Crippen molar-refractivity contribution in [3.8, 4) is 17.3 Å². The van der Waals surface area contributed by atoms with Gasteiger partial charge in [0.25, 0.3) is 0 Å². The van der Waals surface area contributed by atoms with Crippen molar-refractivity contribution in [3.63, 3.8) is 0 Å². The molecule has 0 aliphatic carbocycles. The zero-order chi connectivity index (χ0) is 13.8. The highest BCUT2D eigenvalue weighted by atomic mass is 15.1. The van der Waals surface area contributed by atoms with E-state index in [4.69, 9.17) is 5.26 Å². The van der Waals surface area contributed by atoms with Gasteiger partial charge < -0.3 is 4.90 Å². The number of hydrogen-bond donors (Lipinski definition) is 0. The number of rotatable bonds is 3. The Morgan fingerprint density at radius 1 is 1.11 bits per heavy atom. The van der Waals surface area contributed by atoms with Gasteiger partial charge in [0.05, 0.1) is 0 Å². The zero-order valence-electron chi connectivity index (χ0n) is 11.3. The van der Waals surface area contributed by atoms with Gasteiger partial charge in [0.15, 0.2) is 5.69 Å². The SMILES string of the molecule is C[C@H](c1ccc(-c2nccnc2C#N)cc1)N(C)C. The number of benzene rings is 1. The Kier molecular flexibility index (Phi) is 3.88. The molecule has 0 saturated heterocycles. The topological polar surface area (TPSA) is 52.8 Å². The predicted molar refractivity (Wildman–Crippen MR) is 74.3 cm³/mol. The Morgan fingerprint density at radius 3 is 2.32 bits per heavy atom. The first-order chi connectivity index (χ1) is 9.13. The van der Waals surface area contributed by atoms with Crippen LogP contribution in [0.4, 0.5) is 0 Å². The van der Waals surface area contributed by atoms with Crippen molar-refractivity contribution >= 4 is 0 Å². The second-order valence-corrected chi connectivity index (χ2v) is 4.63. The number of aromatic nitrogens is 2. The van der Waals surface area contributed by atoms with E-state index in [1.165, 1.54) is 11.8 Å². The molecular weight excluding hydrogens is 236 g/mol. The molecule has 0 amide bonds. The highest BCUT2D eigenvalue weighted by Gasteiger charge is 2.10. The van der Waals surface area contributed by atoms with E-state index >= 15 is 0 Å². The van der Waals surface area contributed by atoms with Crippen molar-refractivity contribution in [2.75, 3.05) is 14.1 Å². The summed E-state index contributed by atoms with van der Waals surface area (Å²) in [7, 11) is 4.10. The van der Waals surface area contributed by atoms with Gasteiger partial charge in [-0.25, -0.2) is 4.98 Å². The predicted octanol–water partition coefficient (Wildman–Crippen LogP) is 2.64. The van der Waals surface area contributed by atoms with Crippen LogP contribution in [-0.2, 0) is 0 Å². The molecule has 0 saturated carbocycles. The lowest BCUT2D eigenvalue weighted by Crippen LogP contribution is -2.16. The average molecular weight is 252 g/mol. The molecule has 2 rings (SSSR count). The summed E-state index contributed by atoms with van der Waals surface area (Å²) in [4.78, 5) is 10.4. The van der Waals surface area contributed by atoms with Gasteiger partial charge in [0.2, 0.25) is 0 Å². The number of nitrogens with zero attached hydrogens (tertiary/aromatic N) is 4. The van der Waals surface area contributed by atoms with E-state index in [9.17, 15) is 0 Å². The van der Waals surface area contributed by atoms with Gasteiger partial charge in [-0.05, 0) is 26.6 Å². The van der Waals surface area contributed by atoms with Crippen molar-refractivity contribution in [1.29, 1.82) is 5.26 Å². The maximum atomic E-state index is 9.04.